The maximum absolute atomic E-state index is 5.89. The second-order valence-electron chi connectivity index (χ2n) is 4.45. The van der Waals surface area contributed by atoms with E-state index in [0.717, 1.165) is 6.61 Å². The molecule has 0 bridgehead atoms. The zero-order valence-corrected chi connectivity index (χ0v) is 9.18. The second-order valence-corrected chi connectivity index (χ2v) is 4.45. The van der Waals surface area contributed by atoms with E-state index in [-0.39, 0.29) is 0 Å². The summed E-state index contributed by atoms with van der Waals surface area (Å²) in [4.78, 5) is 0. The summed E-state index contributed by atoms with van der Waals surface area (Å²) in [6.45, 7) is 5.32. The summed E-state index contributed by atoms with van der Waals surface area (Å²) in [5.74, 6) is 0.652. The molecular weight excluding hydrogens is 162 g/mol. The predicted molar refractivity (Wildman–Crippen MR) is 55.9 cm³/mol. The molecule has 1 aliphatic rings. The van der Waals surface area contributed by atoms with E-state index in [9.17, 15) is 0 Å². The molecule has 2 atom stereocenters. The van der Waals surface area contributed by atoms with Crippen LogP contribution >= 0.6 is 0 Å². The summed E-state index contributed by atoms with van der Waals surface area (Å²) in [6, 6.07) is 0.590. The maximum Gasteiger partial charge on any atom is 0.0728 e. The van der Waals surface area contributed by atoms with Crippen molar-refractivity contribution < 1.29 is 4.74 Å². The monoisotopic (exact) mass is 185 g/mol. The molecule has 13 heavy (non-hydrogen) atoms. The van der Waals surface area contributed by atoms with Crippen molar-refractivity contribution in [1.29, 1.82) is 0 Å². The van der Waals surface area contributed by atoms with E-state index < -0.39 is 0 Å². The first-order valence-electron chi connectivity index (χ1n) is 5.53. The fourth-order valence-electron chi connectivity index (χ4n) is 1.94. The zero-order valence-electron chi connectivity index (χ0n) is 9.18. The van der Waals surface area contributed by atoms with Gasteiger partial charge in [0.15, 0.2) is 0 Å². The third-order valence-electron chi connectivity index (χ3n) is 2.72. The lowest BCUT2D eigenvalue weighted by Gasteiger charge is -2.31. The first-order chi connectivity index (χ1) is 6.24. The van der Waals surface area contributed by atoms with Crippen LogP contribution < -0.4 is 5.32 Å². The highest BCUT2D eigenvalue weighted by atomic mass is 16.5. The smallest absolute Gasteiger partial charge is 0.0728 e. The molecule has 0 aromatic rings. The molecule has 1 N–H and O–H groups in total. The van der Waals surface area contributed by atoms with Crippen LogP contribution in [0.15, 0.2) is 0 Å². The molecule has 0 heterocycles. The Bertz CT molecular complexity index is 136. The number of hydrogen-bond acceptors (Lipinski definition) is 2. The van der Waals surface area contributed by atoms with Crippen molar-refractivity contribution in [2.24, 2.45) is 5.92 Å². The van der Waals surface area contributed by atoms with Gasteiger partial charge in [-0.25, -0.2) is 0 Å². The van der Waals surface area contributed by atoms with Crippen LogP contribution in [0.2, 0.25) is 0 Å². The summed E-state index contributed by atoms with van der Waals surface area (Å²) >= 11 is 0. The molecule has 0 aliphatic heterocycles. The molecular formula is C11H23NO. The highest BCUT2D eigenvalue weighted by molar-refractivity contribution is 4.80. The Labute approximate surface area is 82.0 Å². The molecule has 0 aromatic carbocycles. The molecule has 0 spiro atoms. The van der Waals surface area contributed by atoms with Crippen LogP contribution in [0.1, 0.15) is 39.5 Å². The summed E-state index contributed by atoms with van der Waals surface area (Å²) < 4.78 is 5.89. The first-order valence-corrected chi connectivity index (χ1v) is 5.53. The van der Waals surface area contributed by atoms with Crippen LogP contribution in [-0.2, 0) is 4.74 Å². The van der Waals surface area contributed by atoms with E-state index in [1.54, 1.807) is 0 Å². The number of nitrogens with one attached hydrogen (secondary N) is 1. The number of ether oxygens (including phenoxy) is 1. The van der Waals surface area contributed by atoms with E-state index >= 15 is 0 Å². The summed E-state index contributed by atoms with van der Waals surface area (Å²) in [5, 5.41) is 3.35. The Kier molecular flexibility index (Phi) is 4.74. The summed E-state index contributed by atoms with van der Waals surface area (Å²) in [5.41, 5.74) is 0. The fraction of sp³-hybridized carbons (Fsp3) is 1.00. The molecule has 1 saturated carbocycles. The predicted octanol–water partition coefficient (Wildman–Crippen LogP) is 2.19. The SMILES string of the molecule is CNC1CCCCC1OCC(C)C. The van der Waals surface area contributed by atoms with E-state index in [2.05, 4.69) is 19.2 Å². The zero-order chi connectivity index (χ0) is 9.68. The van der Waals surface area contributed by atoms with E-state index in [0.29, 0.717) is 18.1 Å². The molecule has 2 unspecified atom stereocenters. The number of rotatable bonds is 4. The molecule has 1 fully saturated rings. The van der Waals surface area contributed by atoms with Gasteiger partial charge in [0.25, 0.3) is 0 Å². The van der Waals surface area contributed by atoms with Crippen molar-refractivity contribution in [2.45, 2.75) is 51.7 Å². The Morgan fingerprint density at radius 1 is 1.31 bits per heavy atom. The van der Waals surface area contributed by atoms with Crippen LogP contribution in [0.3, 0.4) is 0 Å². The average molecular weight is 185 g/mol. The Morgan fingerprint density at radius 3 is 2.62 bits per heavy atom. The van der Waals surface area contributed by atoms with Gasteiger partial charge in [-0.05, 0) is 25.8 Å². The van der Waals surface area contributed by atoms with E-state index in [4.69, 9.17) is 4.74 Å². The highest BCUT2D eigenvalue weighted by Crippen LogP contribution is 2.21. The number of hydrogen-bond donors (Lipinski definition) is 1. The standard InChI is InChI=1S/C11H23NO/c1-9(2)8-13-11-7-5-4-6-10(11)12-3/h9-12H,4-8H2,1-3H3. The van der Waals surface area contributed by atoms with Gasteiger partial charge in [0.1, 0.15) is 0 Å². The molecule has 0 saturated heterocycles. The van der Waals surface area contributed by atoms with Crippen molar-refractivity contribution in [3.05, 3.63) is 0 Å². The fourth-order valence-corrected chi connectivity index (χ4v) is 1.94. The number of likely N-dealkylation sites (N-methyl/N-ethyl adjacent to an activating group) is 1. The van der Waals surface area contributed by atoms with Crippen molar-refractivity contribution in [2.75, 3.05) is 13.7 Å². The minimum absolute atomic E-state index is 0.459. The molecule has 1 rings (SSSR count). The minimum atomic E-state index is 0.459. The van der Waals surface area contributed by atoms with Crippen LogP contribution in [-0.4, -0.2) is 25.8 Å². The van der Waals surface area contributed by atoms with E-state index in [1.807, 2.05) is 7.05 Å². The van der Waals surface area contributed by atoms with Gasteiger partial charge in [-0.15, -0.1) is 0 Å². The normalized spacial score (nSPS) is 29.5. The lowest BCUT2D eigenvalue weighted by atomic mass is 9.92. The van der Waals surface area contributed by atoms with Gasteiger partial charge in [-0.1, -0.05) is 26.7 Å². The quantitative estimate of drug-likeness (QED) is 0.725. The molecule has 1 aliphatic carbocycles. The van der Waals surface area contributed by atoms with Crippen molar-refractivity contribution >= 4 is 0 Å². The van der Waals surface area contributed by atoms with Crippen LogP contribution in [0.25, 0.3) is 0 Å². The summed E-state index contributed by atoms with van der Waals surface area (Å²) in [6.07, 6.45) is 5.66. The van der Waals surface area contributed by atoms with Crippen molar-refractivity contribution in [1.82, 2.24) is 5.32 Å². The van der Waals surface area contributed by atoms with Gasteiger partial charge in [-0.3, -0.25) is 0 Å². The Hall–Kier alpha value is -0.0800. The first kappa shape index (κ1) is 11.0. The van der Waals surface area contributed by atoms with Gasteiger partial charge in [0, 0.05) is 12.6 Å². The third-order valence-corrected chi connectivity index (χ3v) is 2.72. The van der Waals surface area contributed by atoms with Crippen LogP contribution in [0, 0.1) is 5.92 Å². The topological polar surface area (TPSA) is 21.3 Å². The van der Waals surface area contributed by atoms with Gasteiger partial charge < -0.3 is 10.1 Å². The third kappa shape index (κ3) is 3.65. The van der Waals surface area contributed by atoms with Crippen molar-refractivity contribution in [3.63, 3.8) is 0 Å². The maximum atomic E-state index is 5.89. The summed E-state index contributed by atoms with van der Waals surface area (Å²) in [7, 11) is 2.04. The lowest BCUT2D eigenvalue weighted by molar-refractivity contribution is -0.00567. The minimum Gasteiger partial charge on any atom is -0.376 e. The van der Waals surface area contributed by atoms with Gasteiger partial charge in [0.05, 0.1) is 6.10 Å². The molecule has 2 nitrogen and oxygen atoms in total. The Balaban J connectivity index is 2.27. The van der Waals surface area contributed by atoms with Gasteiger partial charge in [-0.2, -0.15) is 0 Å². The average Bonchev–Trinajstić information content (AvgIpc) is 2.15. The molecule has 2 heteroatoms. The second kappa shape index (κ2) is 5.61. The molecule has 0 aromatic heterocycles. The highest BCUT2D eigenvalue weighted by Gasteiger charge is 2.24. The van der Waals surface area contributed by atoms with E-state index in [1.165, 1.54) is 25.7 Å². The van der Waals surface area contributed by atoms with Gasteiger partial charge in [0.2, 0.25) is 0 Å². The van der Waals surface area contributed by atoms with Crippen LogP contribution in [0.4, 0.5) is 0 Å². The Morgan fingerprint density at radius 2 is 2.00 bits per heavy atom. The lowest BCUT2D eigenvalue weighted by Crippen LogP contribution is -2.42. The van der Waals surface area contributed by atoms with Crippen molar-refractivity contribution in [3.8, 4) is 0 Å². The molecule has 78 valence electrons. The largest absolute Gasteiger partial charge is 0.376 e. The van der Waals surface area contributed by atoms with Gasteiger partial charge >= 0.3 is 0 Å². The van der Waals surface area contributed by atoms with Crippen LogP contribution in [0.5, 0.6) is 0 Å². The molecule has 0 amide bonds. The molecule has 0 radical (unpaired) electrons.